The van der Waals surface area contributed by atoms with E-state index in [-0.39, 0.29) is 24.2 Å². The molecule has 10 nitrogen and oxygen atoms in total. The maximum Gasteiger partial charge on any atom is 0.411 e. The summed E-state index contributed by atoms with van der Waals surface area (Å²) >= 11 is 0. The van der Waals surface area contributed by atoms with Crippen LogP contribution in [0.25, 0.3) is 22.4 Å². The molecule has 0 bridgehead atoms. The molecule has 0 aliphatic rings. The number of carbonyl (C=O) groups is 2. The fraction of sp³-hybridized carbons (Fsp3) is 0.0909. The van der Waals surface area contributed by atoms with Gasteiger partial charge in [0.05, 0.1) is 11.0 Å². The number of anilines is 3. The minimum absolute atomic E-state index is 0.133. The summed E-state index contributed by atoms with van der Waals surface area (Å²) in [6, 6.07) is 12.5. The van der Waals surface area contributed by atoms with E-state index in [4.69, 9.17) is 10.5 Å². The molecule has 0 unspecified atom stereocenters. The number of amides is 2. The second-order valence-electron chi connectivity index (χ2n) is 6.96. The molecule has 0 aliphatic heterocycles. The molecule has 2 aromatic heterocycles. The second kappa shape index (κ2) is 8.64. The van der Waals surface area contributed by atoms with E-state index in [9.17, 15) is 9.59 Å². The van der Waals surface area contributed by atoms with E-state index < -0.39 is 6.09 Å². The Morgan fingerprint density at radius 2 is 1.91 bits per heavy atom. The Morgan fingerprint density at radius 3 is 2.59 bits per heavy atom. The molecule has 0 radical (unpaired) electrons. The Kier molecular flexibility index (Phi) is 5.58. The van der Waals surface area contributed by atoms with Crippen molar-refractivity contribution in [1.29, 1.82) is 0 Å². The van der Waals surface area contributed by atoms with E-state index >= 15 is 0 Å². The van der Waals surface area contributed by atoms with Gasteiger partial charge in [0.25, 0.3) is 5.91 Å². The minimum Gasteiger partial charge on any atom is -0.445 e. The largest absolute Gasteiger partial charge is 0.445 e. The highest BCUT2D eigenvalue weighted by molar-refractivity contribution is 6.02. The zero-order valence-corrected chi connectivity index (χ0v) is 17.3. The molecule has 2 aromatic carbocycles. The molecule has 0 saturated heterocycles. The summed E-state index contributed by atoms with van der Waals surface area (Å²) < 4.78 is 6.49. The maximum absolute atomic E-state index is 12.4. The summed E-state index contributed by atoms with van der Waals surface area (Å²) in [7, 11) is 1.70. The number of carbonyl (C=O) groups excluding carboxylic acids is 2. The average Bonchev–Trinajstić information content (AvgIpc) is 3.34. The molecule has 0 atom stereocenters. The van der Waals surface area contributed by atoms with Gasteiger partial charge in [-0.1, -0.05) is 12.7 Å². The van der Waals surface area contributed by atoms with Crippen molar-refractivity contribution < 1.29 is 14.3 Å². The summed E-state index contributed by atoms with van der Waals surface area (Å²) in [5.74, 6) is 0.806. The van der Waals surface area contributed by atoms with Gasteiger partial charge in [-0.25, -0.2) is 14.8 Å². The topological polar surface area (TPSA) is 140 Å². The lowest BCUT2D eigenvalue weighted by atomic mass is 10.2. The Morgan fingerprint density at radius 1 is 1.16 bits per heavy atom. The highest BCUT2D eigenvalue weighted by Crippen LogP contribution is 2.24. The van der Waals surface area contributed by atoms with Crippen LogP contribution >= 0.6 is 0 Å². The first-order chi connectivity index (χ1) is 15.4. The zero-order chi connectivity index (χ0) is 22.7. The number of aromatic amines is 1. The molecule has 0 fully saturated rings. The molecule has 10 heteroatoms. The summed E-state index contributed by atoms with van der Waals surface area (Å²) in [6.07, 6.45) is 2.51. The third-order valence-electron chi connectivity index (χ3n) is 4.57. The predicted molar refractivity (Wildman–Crippen MR) is 122 cm³/mol. The van der Waals surface area contributed by atoms with Crippen LogP contribution in [-0.4, -0.2) is 38.1 Å². The number of nitrogens with zero attached hydrogens (tertiary/aromatic N) is 3. The molecular formula is C22H21N7O3. The van der Waals surface area contributed by atoms with Crippen molar-refractivity contribution in [1.82, 2.24) is 19.5 Å². The van der Waals surface area contributed by atoms with Gasteiger partial charge in [0, 0.05) is 30.2 Å². The highest BCUT2D eigenvalue weighted by atomic mass is 16.5. The number of aromatic nitrogens is 4. The first kappa shape index (κ1) is 20.7. The third kappa shape index (κ3) is 4.43. The average molecular weight is 431 g/mol. The number of nitrogens with one attached hydrogen (secondary N) is 3. The number of nitrogens with two attached hydrogens (primary N) is 1. The van der Waals surface area contributed by atoms with Crippen LogP contribution in [0.2, 0.25) is 0 Å². The summed E-state index contributed by atoms with van der Waals surface area (Å²) in [5.41, 5.74) is 9.15. The van der Waals surface area contributed by atoms with Crippen molar-refractivity contribution in [2.75, 3.05) is 23.0 Å². The summed E-state index contributed by atoms with van der Waals surface area (Å²) in [5, 5.41) is 5.44. The number of rotatable bonds is 6. The van der Waals surface area contributed by atoms with Crippen LogP contribution < -0.4 is 16.4 Å². The van der Waals surface area contributed by atoms with Gasteiger partial charge in [-0.15, -0.1) is 0 Å². The normalized spacial score (nSPS) is 10.7. The fourth-order valence-corrected chi connectivity index (χ4v) is 3.11. The minimum atomic E-state index is -0.560. The van der Waals surface area contributed by atoms with E-state index in [2.05, 4.69) is 32.2 Å². The standard InChI is InChI=1S/C22H21N7O3/c1-3-10-32-22(31)25-15-8-9-16-17(11-15)27-19(26-16)13-4-6-14(7-5-13)24-21(30)20-28-18(23)12-29(20)2/h3-9,11-12H,1,10,23H2,2H3,(H,24,30)(H,25,31)(H,26,27). The van der Waals surface area contributed by atoms with Gasteiger partial charge in [0.15, 0.2) is 0 Å². The van der Waals surface area contributed by atoms with E-state index in [1.54, 1.807) is 48.1 Å². The molecule has 162 valence electrons. The first-order valence-corrected chi connectivity index (χ1v) is 9.68. The van der Waals surface area contributed by atoms with Crippen molar-refractivity contribution in [3.63, 3.8) is 0 Å². The Balaban J connectivity index is 1.48. The number of imidazole rings is 2. The van der Waals surface area contributed by atoms with E-state index in [1.165, 1.54) is 6.08 Å². The number of H-pyrrole nitrogens is 1. The molecule has 5 N–H and O–H groups in total. The maximum atomic E-state index is 12.4. The van der Waals surface area contributed by atoms with Crippen molar-refractivity contribution in [3.05, 3.63) is 67.1 Å². The quantitative estimate of drug-likeness (QED) is 0.344. The molecule has 2 heterocycles. The SMILES string of the molecule is C=CCOC(=O)Nc1ccc2nc(-c3ccc(NC(=O)c4nc(N)cn4C)cc3)[nH]c2c1. The Hall–Kier alpha value is -4.60. The molecule has 4 aromatic rings. The number of fused-ring (bicyclic) bond motifs is 1. The number of aryl methyl sites for hydroxylation is 1. The smallest absolute Gasteiger partial charge is 0.411 e. The van der Waals surface area contributed by atoms with Crippen LogP contribution in [0.4, 0.5) is 22.0 Å². The molecule has 0 aliphatic carbocycles. The number of benzene rings is 2. The van der Waals surface area contributed by atoms with Crippen LogP contribution in [0.3, 0.4) is 0 Å². The zero-order valence-electron chi connectivity index (χ0n) is 17.3. The van der Waals surface area contributed by atoms with E-state index in [1.807, 2.05) is 12.1 Å². The number of hydrogen-bond donors (Lipinski definition) is 4. The Bertz CT molecular complexity index is 1310. The summed E-state index contributed by atoms with van der Waals surface area (Å²) in [6.45, 7) is 3.64. The van der Waals surface area contributed by atoms with Gasteiger partial charge in [0.2, 0.25) is 5.82 Å². The summed E-state index contributed by atoms with van der Waals surface area (Å²) in [4.78, 5) is 35.9. The van der Waals surface area contributed by atoms with Crippen molar-refractivity contribution >= 4 is 40.2 Å². The molecule has 2 amide bonds. The lowest BCUT2D eigenvalue weighted by Gasteiger charge is -2.05. The third-order valence-corrected chi connectivity index (χ3v) is 4.57. The van der Waals surface area contributed by atoms with Gasteiger partial charge < -0.3 is 25.3 Å². The molecular weight excluding hydrogens is 410 g/mol. The van der Waals surface area contributed by atoms with Crippen molar-refractivity contribution in [3.8, 4) is 11.4 Å². The molecule has 32 heavy (non-hydrogen) atoms. The van der Waals surface area contributed by atoms with E-state index in [0.29, 0.717) is 17.2 Å². The number of nitrogen functional groups attached to an aromatic ring is 1. The first-order valence-electron chi connectivity index (χ1n) is 9.68. The van der Waals surface area contributed by atoms with Crippen molar-refractivity contribution in [2.24, 2.45) is 7.05 Å². The number of ether oxygens (including phenoxy) is 1. The predicted octanol–water partition coefficient (Wildman–Crippen LogP) is 3.53. The van der Waals surface area contributed by atoms with Gasteiger partial charge in [-0.2, -0.15) is 0 Å². The number of hydrogen-bond acceptors (Lipinski definition) is 6. The van der Waals surface area contributed by atoms with Crippen LogP contribution in [0.5, 0.6) is 0 Å². The lowest BCUT2D eigenvalue weighted by molar-refractivity contribution is 0.101. The molecule has 0 saturated carbocycles. The van der Waals surface area contributed by atoms with Gasteiger partial charge >= 0.3 is 6.09 Å². The second-order valence-corrected chi connectivity index (χ2v) is 6.96. The molecule has 0 spiro atoms. The monoisotopic (exact) mass is 431 g/mol. The fourth-order valence-electron chi connectivity index (χ4n) is 3.11. The Labute approximate surface area is 183 Å². The van der Waals surface area contributed by atoms with Gasteiger partial charge in [0.1, 0.15) is 18.2 Å². The molecule has 4 rings (SSSR count). The lowest BCUT2D eigenvalue weighted by Crippen LogP contribution is -2.16. The van der Waals surface area contributed by atoms with Crippen LogP contribution in [0.15, 0.2) is 61.3 Å². The van der Waals surface area contributed by atoms with Crippen LogP contribution in [-0.2, 0) is 11.8 Å². The van der Waals surface area contributed by atoms with Gasteiger partial charge in [-0.3, -0.25) is 10.1 Å². The van der Waals surface area contributed by atoms with Crippen LogP contribution in [0, 0.1) is 0 Å². The van der Waals surface area contributed by atoms with E-state index in [0.717, 1.165) is 16.6 Å². The van der Waals surface area contributed by atoms with Gasteiger partial charge in [-0.05, 0) is 42.5 Å². The van der Waals surface area contributed by atoms with Crippen LogP contribution in [0.1, 0.15) is 10.6 Å². The highest BCUT2D eigenvalue weighted by Gasteiger charge is 2.13. The van der Waals surface area contributed by atoms with Crippen molar-refractivity contribution in [2.45, 2.75) is 0 Å².